The molecule has 0 radical (unpaired) electrons. The Morgan fingerprint density at radius 1 is 1.20 bits per heavy atom. The summed E-state index contributed by atoms with van der Waals surface area (Å²) in [5, 5.41) is 6.30. The number of rotatable bonds is 9. The molecule has 0 atom stereocenters. The van der Waals surface area contributed by atoms with E-state index < -0.39 is 10.0 Å². The van der Waals surface area contributed by atoms with Gasteiger partial charge in [0.25, 0.3) is 0 Å². The molecule has 0 bridgehead atoms. The monoisotopic (exact) mass is 484 g/mol. The summed E-state index contributed by atoms with van der Waals surface area (Å²) in [7, 11) is -0.0340. The van der Waals surface area contributed by atoms with Gasteiger partial charge in [0.2, 0.25) is 10.0 Å². The number of sulfonamides is 1. The van der Waals surface area contributed by atoms with Gasteiger partial charge in [0, 0.05) is 33.3 Å². The van der Waals surface area contributed by atoms with Gasteiger partial charge in [-0.05, 0) is 25.0 Å². The summed E-state index contributed by atoms with van der Waals surface area (Å²) in [6.07, 6.45) is 0. The highest BCUT2D eigenvalue weighted by Crippen LogP contribution is 2.12. The van der Waals surface area contributed by atoms with Crippen LogP contribution in [-0.2, 0) is 27.1 Å². The lowest BCUT2D eigenvalue weighted by Gasteiger charge is -2.15. The topological polar surface area (TPSA) is 91.8 Å². The fourth-order valence-electron chi connectivity index (χ4n) is 2.15. The van der Waals surface area contributed by atoms with Crippen molar-refractivity contribution in [2.75, 3.05) is 27.3 Å². The summed E-state index contributed by atoms with van der Waals surface area (Å²) < 4.78 is 31.9. The minimum absolute atomic E-state index is 0. The molecule has 0 amide bonds. The first kappa shape index (κ1) is 24.1. The highest BCUT2D eigenvalue weighted by molar-refractivity contribution is 14.0. The second kappa shape index (κ2) is 12.4. The quantitative estimate of drug-likeness (QED) is 0.214. The highest BCUT2D eigenvalue weighted by Gasteiger charge is 2.15. The average Bonchev–Trinajstić information content (AvgIpc) is 2.50. The van der Waals surface area contributed by atoms with Crippen molar-refractivity contribution in [1.29, 1.82) is 0 Å². The first-order chi connectivity index (χ1) is 11.4. The molecule has 0 aromatic heterocycles. The van der Waals surface area contributed by atoms with E-state index in [-0.39, 0.29) is 35.8 Å². The van der Waals surface area contributed by atoms with Crippen LogP contribution in [-0.4, -0.2) is 47.7 Å². The van der Waals surface area contributed by atoms with Crippen molar-refractivity contribution in [2.45, 2.75) is 32.2 Å². The average molecular weight is 484 g/mol. The van der Waals surface area contributed by atoms with Crippen molar-refractivity contribution in [3.8, 4) is 0 Å². The van der Waals surface area contributed by atoms with Gasteiger partial charge in [0.1, 0.15) is 0 Å². The smallest absolute Gasteiger partial charge is 0.216 e. The van der Waals surface area contributed by atoms with Gasteiger partial charge in [-0.25, -0.2) is 13.1 Å². The maximum Gasteiger partial charge on any atom is 0.216 e. The Morgan fingerprint density at radius 3 is 2.40 bits per heavy atom. The van der Waals surface area contributed by atoms with Gasteiger partial charge in [0.05, 0.1) is 12.4 Å². The van der Waals surface area contributed by atoms with Crippen LogP contribution in [0.2, 0.25) is 0 Å². The summed E-state index contributed by atoms with van der Waals surface area (Å²) in [6, 6.07) is 7.36. The molecule has 1 aromatic rings. The van der Waals surface area contributed by atoms with Crippen molar-refractivity contribution >= 4 is 40.0 Å². The van der Waals surface area contributed by atoms with Crippen LogP contribution in [0.1, 0.15) is 25.0 Å². The minimum Gasteiger partial charge on any atom is -0.383 e. The van der Waals surface area contributed by atoms with E-state index in [1.54, 1.807) is 28.0 Å². The normalized spacial score (nSPS) is 12.0. The van der Waals surface area contributed by atoms with E-state index in [2.05, 4.69) is 20.3 Å². The van der Waals surface area contributed by atoms with Crippen molar-refractivity contribution in [1.82, 2.24) is 15.4 Å². The van der Waals surface area contributed by atoms with Crippen LogP contribution in [0.3, 0.4) is 0 Å². The van der Waals surface area contributed by atoms with Gasteiger partial charge in [-0.3, -0.25) is 4.99 Å². The van der Waals surface area contributed by atoms with E-state index in [1.165, 1.54) is 0 Å². The molecule has 0 saturated carbocycles. The van der Waals surface area contributed by atoms with E-state index in [0.717, 1.165) is 11.1 Å². The molecule has 0 fully saturated rings. The van der Waals surface area contributed by atoms with E-state index in [9.17, 15) is 8.42 Å². The Kier molecular flexibility index (Phi) is 12.0. The van der Waals surface area contributed by atoms with Crippen LogP contribution in [0.25, 0.3) is 0 Å². The summed E-state index contributed by atoms with van der Waals surface area (Å²) in [4.78, 5) is 4.13. The van der Waals surface area contributed by atoms with E-state index >= 15 is 0 Å². The lowest BCUT2D eigenvalue weighted by atomic mass is 10.1. The number of halogens is 1. The van der Waals surface area contributed by atoms with Crippen molar-refractivity contribution in [2.24, 2.45) is 4.99 Å². The van der Waals surface area contributed by atoms with Crippen LogP contribution < -0.4 is 15.4 Å². The van der Waals surface area contributed by atoms with E-state index in [4.69, 9.17) is 4.74 Å². The largest absolute Gasteiger partial charge is 0.383 e. The second-order valence-corrected chi connectivity index (χ2v) is 7.40. The number of nitrogens with zero attached hydrogens (tertiary/aromatic N) is 1. The van der Waals surface area contributed by atoms with E-state index in [0.29, 0.717) is 25.7 Å². The zero-order valence-corrected chi connectivity index (χ0v) is 18.4. The van der Waals surface area contributed by atoms with Gasteiger partial charge in [-0.15, -0.1) is 24.0 Å². The summed E-state index contributed by atoms with van der Waals surface area (Å²) >= 11 is 0. The number of ether oxygens (including phenoxy) is 1. The van der Waals surface area contributed by atoms with Crippen LogP contribution in [0.15, 0.2) is 29.3 Å². The number of guanidine groups is 1. The Labute approximate surface area is 168 Å². The molecule has 3 N–H and O–H groups in total. The fourth-order valence-corrected chi connectivity index (χ4v) is 3.64. The Hall–Kier alpha value is -0.910. The SMILES string of the molecule is CN=C(NCCOC)NCc1ccccc1CS(=O)(=O)NC(C)C.I. The molecule has 0 aliphatic heterocycles. The maximum atomic E-state index is 12.1. The number of hydrogen-bond acceptors (Lipinski definition) is 4. The third-order valence-corrected chi connectivity index (χ3v) is 4.67. The lowest BCUT2D eigenvalue weighted by Crippen LogP contribution is -2.38. The zero-order chi connectivity index (χ0) is 18.0. The lowest BCUT2D eigenvalue weighted by molar-refractivity contribution is 0.203. The van der Waals surface area contributed by atoms with Crippen molar-refractivity contribution in [3.05, 3.63) is 35.4 Å². The molecular weight excluding hydrogens is 455 g/mol. The number of nitrogens with one attached hydrogen (secondary N) is 3. The van der Waals surface area contributed by atoms with Crippen molar-refractivity contribution < 1.29 is 13.2 Å². The maximum absolute atomic E-state index is 12.1. The second-order valence-electron chi connectivity index (χ2n) is 5.65. The summed E-state index contributed by atoms with van der Waals surface area (Å²) in [5.41, 5.74) is 1.69. The van der Waals surface area contributed by atoms with Gasteiger partial charge >= 0.3 is 0 Å². The molecule has 25 heavy (non-hydrogen) atoms. The van der Waals surface area contributed by atoms with Crippen molar-refractivity contribution in [3.63, 3.8) is 0 Å². The summed E-state index contributed by atoms with van der Waals surface area (Å²) in [6.45, 7) is 5.32. The number of benzene rings is 1. The molecule has 7 nitrogen and oxygen atoms in total. The van der Waals surface area contributed by atoms with Gasteiger partial charge < -0.3 is 15.4 Å². The standard InChI is InChI=1S/C16H28N4O3S.HI/c1-13(2)20-24(21,22)12-15-8-6-5-7-14(15)11-19-16(17-3)18-9-10-23-4;/h5-8,13,20H,9-12H2,1-4H3,(H2,17,18,19);1H. The first-order valence-corrected chi connectivity index (χ1v) is 9.53. The Balaban J connectivity index is 0.00000576. The predicted molar refractivity (Wildman–Crippen MR) is 113 cm³/mol. The van der Waals surface area contributed by atoms with Gasteiger partial charge in [-0.2, -0.15) is 0 Å². The minimum atomic E-state index is -3.36. The molecule has 0 aliphatic carbocycles. The van der Waals surface area contributed by atoms with Crippen LogP contribution in [0, 0.1) is 0 Å². The number of aliphatic imine (C=N–C) groups is 1. The molecule has 9 heteroatoms. The van der Waals surface area contributed by atoms with Crippen LogP contribution >= 0.6 is 24.0 Å². The summed E-state index contributed by atoms with van der Waals surface area (Å²) in [5.74, 6) is 0.601. The van der Waals surface area contributed by atoms with Gasteiger partial charge in [0.15, 0.2) is 5.96 Å². The third kappa shape index (κ3) is 9.97. The Morgan fingerprint density at radius 2 is 1.84 bits per heavy atom. The predicted octanol–water partition coefficient (Wildman–Crippen LogP) is 1.44. The molecule has 0 aliphatic rings. The zero-order valence-electron chi connectivity index (χ0n) is 15.2. The fraction of sp³-hybridized carbons (Fsp3) is 0.562. The Bertz CT molecular complexity index is 636. The van der Waals surface area contributed by atoms with Crippen LogP contribution in [0.4, 0.5) is 0 Å². The molecule has 0 spiro atoms. The van der Waals surface area contributed by atoms with E-state index in [1.807, 2.05) is 24.3 Å². The molecule has 1 aromatic carbocycles. The molecule has 1 rings (SSSR count). The molecular formula is C16H29IN4O3S. The highest BCUT2D eigenvalue weighted by atomic mass is 127. The first-order valence-electron chi connectivity index (χ1n) is 7.88. The molecule has 0 heterocycles. The molecule has 0 unspecified atom stereocenters. The van der Waals surface area contributed by atoms with Gasteiger partial charge in [-0.1, -0.05) is 24.3 Å². The third-order valence-electron chi connectivity index (χ3n) is 3.15. The molecule has 0 saturated heterocycles. The molecule has 144 valence electrons. The number of hydrogen-bond donors (Lipinski definition) is 3. The number of methoxy groups -OCH3 is 1. The van der Waals surface area contributed by atoms with Crippen LogP contribution in [0.5, 0.6) is 0 Å².